The molecule has 0 atom stereocenters. The number of alkyl halides is 1. The summed E-state index contributed by atoms with van der Waals surface area (Å²) < 4.78 is 14.6. The summed E-state index contributed by atoms with van der Waals surface area (Å²) in [5.41, 5.74) is 1.15. The van der Waals surface area contributed by atoms with Crippen molar-refractivity contribution in [3.05, 3.63) is 42.1 Å². The van der Waals surface area contributed by atoms with Crippen molar-refractivity contribution >= 4 is 21.8 Å². The first kappa shape index (κ1) is 17.1. The van der Waals surface area contributed by atoms with E-state index in [0.717, 1.165) is 17.1 Å². The van der Waals surface area contributed by atoms with Crippen LogP contribution in [0.1, 0.15) is 33.5 Å². The van der Waals surface area contributed by atoms with Gasteiger partial charge in [0.2, 0.25) is 5.91 Å². The number of halogens is 2. The zero-order valence-electron chi connectivity index (χ0n) is 14.3. The topological polar surface area (TPSA) is 38.1 Å². The maximum atomic E-state index is 13.1. The highest BCUT2D eigenvalue weighted by Crippen LogP contribution is 2.36. The highest BCUT2D eigenvalue weighted by molar-refractivity contribution is 9.10. The first-order valence-corrected chi connectivity index (χ1v) is 8.74. The van der Waals surface area contributed by atoms with Crippen molar-refractivity contribution < 1.29 is 9.18 Å². The number of imidazole rings is 1. The second-order valence-corrected chi connectivity index (χ2v) is 9.12. The number of fused-ring (bicyclic) bond motifs is 1. The van der Waals surface area contributed by atoms with Crippen LogP contribution in [-0.4, -0.2) is 31.2 Å². The summed E-state index contributed by atoms with van der Waals surface area (Å²) in [4.78, 5) is 19.4. The van der Waals surface area contributed by atoms with Crippen LogP contribution in [0.15, 0.2) is 30.5 Å². The number of aromatic nitrogens is 2. The van der Waals surface area contributed by atoms with E-state index >= 15 is 0 Å². The molecule has 2 aromatic rings. The third-order valence-corrected chi connectivity index (χ3v) is 4.80. The Labute approximate surface area is 149 Å². The van der Waals surface area contributed by atoms with Crippen LogP contribution in [0.2, 0.25) is 0 Å². The molecule has 0 fully saturated rings. The minimum Gasteiger partial charge on any atom is -0.331 e. The Kier molecular flexibility index (Phi) is 4.06. The number of rotatable bonds is 2. The van der Waals surface area contributed by atoms with E-state index in [0.29, 0.717) is 13.1 Å². The summed E-state index contributed by atoms with van der Waals surface area (Å²) in [7, 11) is 0. The van der Waals surface area contributed by atoms with Crippen molar-refractivity contribution in [3.8, 4) is 11.3 Å². The summed E-state index contributed by atoms with van der Waals surface area (Å²) in [6.07, 6.45) is 1.98. The predicted molar refractivity (Wildman–Crippen MR) is 95.4 cm³/mol. The van der Waals surface area contributed by atoms with Gasteiger partial charge in [-0.2, -0.15) is 0 Å². The summed E-state index contributed by atoms with van der Waals surface area (Å²) in [5, 5.41) is 0. The minimum atomic E-state index is -0.612. The van der Waals surface area contributed by atoms with Gasteiger partial charge in [0.1, 0.15) is 11.6 Å². The molecule has 0 spiro atoms. The van der Waals surface area contributed by atoms with E-state index in [4.69, 9.17) is 4.98 Å². The molecule has 1 amide bonds. The number of carbonyl (C=O) groups is 1. The summed E-state index contributed by atoms with van der Waals surface area (Å²) in [6, 6.07) is 6.31. The quantitative estimate of drug-likeness (QED) is 0.724. The predicted octanol–water partition coefficient (Wildman–Crippen LogP) is 3.94. The summed E-state index contributed by atoms with van der Waals surface area (Å²) in [6.45, 7) is 9.06. The molecule has 0 bridgehead atoms. The van der Waals surface area contributed by atoms with E-state index in [-0.39, 0.29) is 11.7 Å². The lowest BCUT2D eigenvalue weighted by molar-refractivity contribution is -0.140. The number of nitrogens with zero attached hydrogens (tertiary/aromatic N) is 3. The van der Waals surface area contributed by atoms with E-state index < -0.39 is 9.86 Å². The van der Waals surface area contributed by atoms with Crippen molar-refractivity contribution in [2.45, 2.75) is 44.1 Å². The van der Waals surface area contributed by atoms with Crippen LogP contribution >= 0.6 is 15.9 Å². The first-order valence-electron chi connectivity index (χ1n) is 7.95. The van der Waals surface area contributed by atoms with Gasteiger partial charge in [-0.15, -0.1) is 0 Å². The fraction of sp³-hybridized carbons (Fsp3) is 0.444. The maximum absolute atomic E-state index is 13.1. The second kappa shape index (κ2) is 5.69. The number of carbonyl (C=O) groups excluding carboxylic acids is 1. The van der Waals surface area contributed by atoms with Gasteiger partial charge < -0.3 is 9.47 Å². The van der Waals surface area contributed by atoms with E-state index in [1.165, 1.54) is 12.1 Å². The Morgan fingerprint density at radius 1 is 1.25 bits per heavy atom. The van der Waals surface area contributed by atoms with Gasteiger partial charge >= 0.3 is 0 Å². The minimum absolute atomic E-state index is 0.0464. The lowest BCUT2D eigenvalue weighted by atomic mass is 9.97. The van der Waals surface area contributed by atoms with Crippen LogP contribution in [0.4, 0.5) is 4.39 Å². The van der Waals surface area contributed by atoms with Gasteiger partial charge in [0.25, 0.3) is 0 Å². The van der Waals surface area contributed by atoms with Crippen molar-refractivity contribution in [3.63, 3.8) is 0 Å². The molecule has 1 aliphatic rings. The van der Waals surface area contributed by atoms with Gasteiger partial charge in [-0.05, 0) is 52.0 Å². The molecule has 2 heterocycles. The SMILES string of the molecule is CC(C)(Br)C(=O)N1CCn2cc(-c3ccc(F)cc3)nc2C1(C)C. The molecule has 128 valence electrons. The Morgan fingerprint density at radius 3 is 2.46 bits per heavy atom. The molecular formula is C18H21BrFN3O. The lowest BCUT2D eigenvalue weighted by Crippen LogP contribution is -2.55. The first-order chi connectivity index (χ1) is 11.1. The Morgan fingerprint density at radius 2 is 1.88 bits per heavy atom. The molecule has 24 heavy (non-hydrogen) atoms. The van der Waals surface area contributed by atoms with E-state index in [1.807, 2.05) is 38.8 Å². The molecule has 0 saturated carbocycles. The zero-order chi connectivity index (χ0) is 17.7. The second-order valence-electron chi connectivity index (χ2n) is 7.14. The molecule has 0 N–H and O–H groups in total. The van der Waals surface area contributed by atoms with Crippen LogP contribution in [-0.2, 0) is 16.9 Å². The monoisotopic (exact) mass is 393 g/mol. The Bertz CT molecular complexity index is 775. The number of benzene rings is 1. The third-order valence-electron chi connectivity index (χ3n) is 4.46. The maximum Gasteiger partial charge on any atom is 0.239 e. The van der Waals surface area contributed by atoms with E-state index in [2.05, 4.69) is 20.5 Å². The van der Waals surface area contributed by atoms with Crippen molar-refractivity contribution in [1.29, 1.82) is 0 Å². The molecular weight excluding hydrogens is 373 g/mol. The number of hydrogen-bond donors (Lipinski definition) is 0. The molecule has 1 aliphatic heterocycles. The van der Waals surface area contributed by atoms with Crippen LogP contribution in [0.25, 0.3) is 11.3 Å². The smallest absolute Gasteiger partial charge is 0.239 e. The van der Waals surface area contributed by atoms with Gasteiger partial charge in [0.05, 0.1) is 15.6 Å². The normalized spacial score (nSPS) is 16.8. The molecule has 6 heteroatoms. The number of hydrogen-bond acceptors (Lipinski definition) is 2. The van der Waals surface area contributed by atoms with Gasteiger partial charge in [0, 0.05) is 24.8 Å². The van der Waals surface area contributed by atoms with Crippen molar-refractivity contribution in [2.24, 2.45) is 0 Å². The van der Waals surface area contributed by atoms with E-state index in [1.54, 1.807) is 12.1 Å². The average Bonchev–Trinajstić information content (AvgIpc) is 2.92. The highest BCUT2D eigenvalue weighted by Gasteiger charge is 2.43. The third kappa shape index (κ3) is 2.88. The Hall–Kier alpha value is -1.69. The summed E-state index contributed by atoms with van der Waals surface area (Å²) in [5.74, 6) is 0.627. The molecule has 0 saturated heterocycles. The van der Waals surface area contributed by atoms with Crippen molar-refractivity contribution in [1.82, 2.24) is 14.5 Å². The molecule has 1 aromatic carbocycles. The van der Waals surface area contributed by atoms with Crippen LogP contribution in [0.3, 0.4) is 0 Å². The Balaban J connectivity index is 1.99. The van der Waals surface area contributed by atoms with Gasteiger partial charge in [-0.3, -0.25) is 4.79 Å². The van der Waals surface area contributed by atoms with Gasteiger partial charge in [-0.25, -0.2) is 9.37 Å². The van der Waals surface area contributed by atoms with Gasteiger partial charge in [0.15, 0.2) is 0 Å². The van der Waals surface area contributed by atoms with Crippen LogP contribution in [0.5, 0.6) is 0 Å². The fourth-order valence-corrected chi connectivity index (χ4v) is 3.33. The van der Waals surface area contributed by atoms with Crippen LogP contribution in [0, 0.1) is 5.82 Å². The standard InChI is InChI=1S/C18H21BrFN3O/c1-17(2,19)16(24)23-10-9-22-11-14(21-15(22)18(23,3)4)12-5-7-13(20)8-6-12/h5-8,11H,9-10H2,1-4H3. The zero-order valence-corrected chi connectivity index (χ0v) is 15.9. The highest BCUT2D eigenvalue weighted by atomic mass is 79.9. The van der Waals surface area contributed by atoms with Gasteiger partial charge in [-0.1, -0.05) is 15.9 Å². The largest absolute Gasteiger partial charge is 0.331 e. The summed E-state index contributed by atoms with van der Waals surface area (Å²) >= 11 is 3.47. The average molecular weight is 394 g/mol. The van der Waals surface area contributed by atoms with E-state index in [9.17, 15) is 9.18 Å². The molecule has 0 unspecified atom stereocenters. The molecule has 4 nitrogen and oxygen atoms in total. The number of amides is 1. The van der Waals surface area contributed by atoms with Crippen LogP contribution < -0.4 is 0 Å². The molecule has 0 aliphatic carbocycles. The van der Waals surface area contributed by atoms with Crippen molar-refractivity contribution in [2.75, 3.05) is 6.54 Å². The lowest BCUT2D eigenvalue weighted by Gasteiger charge is -2.44. The molecule has 1 aromatic heterocycles. The fourth-order valence-electron chi connectivity index (χ4n) is 3.12. The molecule has 3 rings (SSSR count). The molecule has 0 radical (unpaired) electrons.